The largest absolute Gasteiger partial charge is 0.459 e. The lowest BCUT2D eigenvalue weighted by atomic mass is 10.1. The van der Waals surface area contributed by atoms with E-state index in [9.17, 15) is 9.59 Å². The third kappa shape index (κ3) is 6.73. The first kappa shape index (κ1) is 20.2. The SMILES string of the molecule is CC(C)C[C@@H](C)OC(=O)c1ccccc1C(=O)O[C@@H](C)CC(C)C. The molecule has 0 amide bonds. The number of benzene rings is 1. The third-order valence-corrected chi connectivity index (χ3v) is 3.59. The summed E-state index contributed by atoms with van der Waals surface area (Å²) in [7, 11) is 0. The van der Waals surface area contributed by atoms with E-state index in [2.05, 4.69) is 27.7 Å². The molecule has 0 spiro atoms. The predicted octanol–water partition coefficient (Wildman–Crippen LogP) is 4.87. The Morgan fingerprint density at radius 3 is 1.38 bits per heavy atom. The number of hydrogen-bond acceptors (Lipinski definition) is 4. The molecule has 0 saturated heterocycles. The summed E-state index contributed by atoms with van der Waals surface area (Å²) in [5.41, 5.74) is 0.518. The summed E-state index contributed by atoms with van der Waals surface area (Å²) in [4.78, 5) is 24.8. The van der Waals surface area contributed by atoms with Gasteiger partial charge in [-0.15, -0.1) is 0 Å². The molecule has 0 unspecified atom stereocenters. The van der Waals surface area contributed by atoms with Crippen LogP contribution >= 0.6 is 0 Å². The number of carbonyl (C=O) groups is 2. The van der Waals surface area contributed by atoms with Crippen molar-refractivity contribution in [3.63, 3.8) is 0 Å². The van der Waals surface area contributed by atoms with Gasteiger partial charge in [-0.05, 0) is 50.7 Å². The van der Waals surface area contributed by atoms with Crippen LogP contribution in [0.25, 0.3) is 0 Å². The van der Waals surface area contributed by atoms with Crippen molar-refractivity contribution in [3.05, 3.63) is 35.4 Å². The fourth-order valence-electron chi connectivity index (χ4n) is 2.76. The summed E-state index contributed by atoms with van der Waals surface area (Å²) in [6.07, 6.45) is 1.18. The lowest BCUT2D eigenvalue weighted by Gasteiger charge is -2.18. The zero-order valence-electron chi connectivity index (χ0n) is 15.7. The fraction of sp³-hybridized carbons (Fsp3) is 0.600. The van der Waals surface area contributed by atoms with Crippen molar-refractivity contribution in [2.75, 3.05) is 0 Å². The molecule has 1 rings (SSSR count). The van der Waals surface area contributed by atoms with E-state index in [1.807, 2.05) is 13.8 Å². The first-order chi connectivity index (χ1) is 11.2. The van der Waals surface area contributed by atoms with E-state index < -0.39 is 11.9 Å². The summed E-state index contributed by atoms with van der Waals surface area (Å²) in [5, 5.41) is 0. The summed E-state index contributed by atoms with van der Waals surface area (Å²) in [6.45, 7) is 12.0. The van der Waals surface area contributed by atoms with E-state index in [1.54, 1.807) is 24.3 Å². The number of rotatable bonds is 8. The molecule has 0 saturated carbocycles. The number of hydrogen-bond donors (Lipinski definition) is 0. The Balaban J connectivity index is 2.83. The van der Waals surface area contributed by atoms with Gasteiger partial charge in [0.05, 0.1) is 23.3 Å². The maximum absolute atomic E-state index is 12.4. The molecule has 1 aromatic carbocycles. The molecule has 0 aliphatic carbocycles. The Morgan fingerprint density at radius 2 is 1.08 bits per heavy atom. The first-order valence-electron chi connectivity index (χ1n) is 8.71. The molecule has 24 heavy (non-hydrogen) atoms. The van der Waals surface area contributed by atoms with Crippen LogP contribution in [0.4, 0.5) is 0 Å². The van der Waals surface area contributed by atoms with E-state index in [-0.39, 0.29) is 23.3 Å². The van der Waals surface area contributed by atoms with Gasteiger partial charge in [-0.25, -0.2) is 9.59 Å². The van der Waals surface area contributed by atoms with Crippen molar-refractivity contribution in [1.29, 1.82) is 0 Å². The number of carbonyl (C=O) groups excluding carboxylic acids is 2. The Labute approximate surface area is 145 Å². The lowest BCUT2D eigenvalue weighted by Crippen LogP contribution is -2.22. The molecule has 134 valence electrons. The summed E-state index contributed by atoms with van der Waals surface area (Å²) in [6, 6.07) is 6.65. The normalized spacial score (nSPS) is 13.7. The van der Waals surface area contributed by atoms with E-state index in [4.69, 9.17) is 9.47 Å². The Morgan fingerprint density at radius 1 is 0.750 bits per heavy atom. The molecular formula is C20H30O4. The maximum Gasteiger partial charge on any atom is 0.339 e. The van der Waals surface area contributed by atoms with Crippen molar-refractivity contribution in [1.82, 2.24) is 0 Å². The van der Waals surface area contributed by atoms with Gasteiger partial charge < -0.3 is 9.47 Å². The molecule has 1 aromatic rings. The van der Waals surface area contributed by atoms with E-state index in [0.717, 1.165) is 12.8 Å². The van der Waals surface area contributed by atoms with Gasteiger partial charge in [-0.1, -0.05) is 39.8 Å². The minimum absolute atomic E-state index is 0.193. The fourth-order valence-corrected chi connectivity index (χ4v) is 2.76. The molecule has 4 nitrogen and oxygen atoms in total. The van der Waals surface area contributed by atoms with Crippen molar-refractivity contribution >= 4 is 11.9 Å². The van der Waals surface area contributed by atoms with Gasteiger partial charge in [0.2, 0.25) is 0 Å². The van der Waals surface area contributed by atoms with E-state index in [1.165, 1.54) is 0 Å². The Kier molecular flexibility index (Phi) is 7.96. The van der Waals surface area contributed by atoms with Gasteiger partial charge in [0.1, 0.15) is 0 Å². The van der Waals surface area contributed by atoms with Gasteiger partial charge in [-0.3, -0.25) is 0 Å². The van der Waals surface area contributed by atoms with Gasteiger partial charge >= 0.3 is 11.9 Å². The van der Waals surface area contributed by atoms with Crippen molar-refractivity contribution in [2.24, 2.45) is 11.8 Å². The van der Waals surface area contributed by atoms with Gasteiger partial charge in [-0.2, -0.15) is 0 Å². The first-order valence-corrected chi connectivity index (χ1v) is 8.71. The molecule has 0 aliphatic rings. The average Bonchev–Trinajstić information content (AvgIpc) is 2.45. The van der Waals surface area contributed by atoms with Crippen LogP contribution in [0.2, 0.25) is 0 Å². The predicted molar refractivity (Wildman–Crippen MR) is 95.1 cm³/mol. The van der Waals surface area contributed by atoms with E-state index in [0.29, 0.717) is 11.8 Å². The van der Waals surface area contributed by atoms with Crippen molar-refractivity contribution in [2.45, 2.75) is 66.6 Å². The molecule has 2 atom stereocenters. The van der Waals surface area contributed by atoms with Gasteiger partial charge in [0.15, 0.2) is 0 Å². The summed E-state index contributed by atoms with van der Waals surface area (Å²) >= 11 is 0. The van der Waals surface area contributed by atoms with Gasteiger partial charge in [0, 0.05) is 0 Å². The van der Waals surface area contributed by atoms with Crippen molar-refractivity contribution in [3.8, 4) is 0 Å². The molecule has 0 fully saturated rings. The third-order valence-electron chi connectivity index (χ3n) is 3.59. The summed E-state index contributed by atoms with van der Waals surface area (Å²) < 4.78 is 10.9. The minimum Gasteiger partial charge on any atom is -0.459 e. The zero-order chi connectivity index (χ0) is 18.3. The van der Waals surface area contributed by atoms with Crippen LogP contribution in [0, 0.1) is 11.8 Å². The molecule has 0 aromatic heterocycles. The van der Waals surface area contributed by atoms with Crippen LogP contribution in [0.3, 0.4) is 0 Å². The highest BCUT2D eigenvalue weighted by Crippen LogP contribution is 2.17. The molecule has 0 aliphatic heterocycles. The second-order valence-corrected chi connectivity index (χ2v) is 7.24. The van der Waals surface area contributed by atoms with Crippen LogP contribution in [-0.2, 0) is 9.47 Å². The standard InChI is InChI=1S/C20H30O4/c1-13(2)11-15(5)23-19(21)17-9-7-8-10-18(17)20(22)24-16(6)12-14(3)4/h7-10,13-16H,11-12H2,1-6H3/t15-,16+. The van der Waals surface area contributed by atoms with Crippen LogP contribution in [0.5, 0.6) is 0 Å². The monoisotopic (exact) mass is 334 g/mol. The highest BCUT2D eigenvalue weighted by Gasteiger charge is 2.22. The van der Waals surface area contributed by atoms with Crippen molar-refractivity contribution < 1.29 is 19.1 Å². The number of ether oxygens (including phenoxy) is 2. The summed E-state index contributed by atoms with van der Waals surface area (Å²) in [5.74, 6) is -0.0887. The number of esters is 2. The molecule has 0 bridgehead atoms. The molecule has 0 N–H and O–H groups in total. The Bertz CT molecular complexity index is 499. The highest BCUT2D eigenvalue weighted by molar-refractivity contribution is 6.03. The molecule has 0 radical (unpaired) electrons. The smallest absolute Gasteiger partial charge is 0.339 e. The highest BCUT2D eigenvalue weighted by atomic mass is 16.5. The second-order valence-electron chi connectivity index (χ2n) is 7.24. The zero-order valence-corrected chi connectivity index (χ0v) is 15.7. The second kappa shape index (κ2) is 9.45. The van der Waals surface area contributed by atoms with Gasteiger partial charge in [0.25, 0.3) is 0 Å². The minimum atomic E-state index is -0.479. The van der Waals surface area contributed by atoms with E-state index >= 15 is 0 Å². The van der Waals surface area contributed by atoms with Crippen LogP contribution in [0.15, 0.2) is 24.3 Å². The quantitative estimate of drug-likeness (QED) is 0.636. The Hall–Kier alpha value is -1.84. The van der Waals surface area contributed by atoms with Crippen LogP contribution in [0.1, 0.15) is 75.1 Å². The molecule has 4 heteroatoms. The topological polar surface area (TPSA) is 52.6 Å². The average molecular weight is 334 g/mol. The lowest BCUT2D eigenvalue weighted by molar-refractivity contribution is 0.0250. The van der Waals surface area contributed by atoms with Crippen LogP contribution < -0.4 is 0 Å². The van der Waals surface area contributed by atoms with Crippen LogP contribution in [-0.4, -0.2) is 24.1 Å². The molecule has 0 heterocycles. The maximum atomic E-state index is 12.4. The molecular weight excluding hydrogens is 304 g/mol.